The van der Waals surface area contributed by atoms with E-state index < -0.39 is 32.9 Å². The molecule has 0 aliphatic carbocycles. The minimum Gasteiger partial charge on any atom is -0.790 e. The number of ether oxygens (including phenoxy) is 1. The molecule has 120 valence electrons. The standard InChI is InChI=1S/C10H14N5O6P/c11-9-8-10(13-3-12-9)15(4-14-8)7-1-5(16)6(21-7)2-20-22(17,18)19/h3-7,16H,1-2H2,(H2,11,12,13)(H2,17,18,19)/p-2/t5-,6+,7+/m1/s1. The molecule has 3 heterocycles. The lowest BCUT2D eigenvalue weighted by Crippen LogP contribution is -2.29. The molecule has 1 aliphatic heterocycles. The molecule has 0 radical (unpaired) electrons. The van der Waals surface area contributed by atoms with E-state index >= 15 is 0 Å². The molecule has 1 aliphatic rings. The van der Waals surface area contributed by atoms with Crippen molar-refractivity contribution in [1.82, 2.24) is 19.5 Å². The quantitative estimate of drug-likeness (QED) is 0.592. The minimum absolute atomic E-state index is 0.158. The number of fused-ring (bicyclic) bond motifs is 1. The third-order valence-electron chi connectivity index (χ3n) is 3.30. The molecule has 11 nitrogen and oxygen atoms in total. The SMILES string of the molecule is Nc1ncnc2c1ncn2[C@@H]1C[C@@H](O)[C@H](COP(=O)([O-])[O-])O1. The summed E-state index contributed by atoms with van der Waals surface area (Å²) in [5.74, 6) is 0.209. The van der Waals surface area contributed by atoms with Crippen molar-refractivity contribution in [3.05, 3.63) is 12.7 Å². The fourth-order valence-electron chi connectivity index (χ4n) is 2.28. The number of aromatic nitrogens is 4. The second-order valence-electron chi connectivity index (χ2n) is 4.76. The maximum absolute atomic E-state index is 10.5. The number of phosphoric acid groups is 1. The maximum Gasteiger partial charge on any atom is 0.167 e. The highest BCUT2D eigenvalue weighted by atomic mass is 31.2. The van der Waals surface area contributed by atoms with Crippen LogP contribution in [0.4, 0.5) is 5.82 Å². The van der Waals surface area contributed by atoms with Crippen LogP contribution in [-0.4, -0.2) is 43.4 Å². The lowest BCUT2D eigenvalue weighted by atomic mass is 10.2. The summed E-state index contributed by atoms with van der Waals surface area (Å²) < 4.78 is 21.7. The molecule has 1 saturated heterocycles. The van der Waals surface area contributed by atoms with Crippen LogP contribution in [0, 0.1) is 0 Å². The number of phosphoric ester groups is 1. The third kappa shape index (κ3) is 2.95. The second-order valence-corrected chi connectivity index (χ2v) is 5.91. The van der Waals surface area contributed by atoms with Crippen LogP contribution >= 0.6 is 7.82 Å². The Balaban J connectivity index is 1.78. The van der Waals surface area contributed by atoms with Crippen LogP contribution in [0.5, 0.6) is 0 Å². The van der Waals surface area contributed by atoms with Crippen LogP contribution in [-0.2, 0) is 13.8 Å². The fourth-order valence-corrected chi connectivity index (χ4v) is 2.61. The summed E-state index contributed by atoms with van der Waals surface area (Å²) in [6, 6.07) is 0. The number of imidazole rings is 1. The van der Waals surface area contributed by atoms with Crippen LogP contribution in [0.3, 0.4) is 0 Å². The minimum atomic E-state index is -5.12. The van der Waals surface area contributed by atoms with Crippen molar-refractivity contribution in [2.24, 2.45) is 0 Å². The summed E-state index contributed by atoms with van der Waals surface area (Å²) in [6.45, 7) is -0.550. The van der Waals surface area contributed by atoms with E-state index in [-0.39, 0.29) is 12.2 Å². The molecule has 1 fully saturated rings. The zero-order valence-corrected chi connectivity index (χ0v) is 12.0. The summed E-state index contributed by atoms with van der Waals surface area (Å²) in [5.41, 5.74) is 6.49. The van der Waals surface area contributed by atoms with E-state index in [9.17, 15) is 19.5 Å². The molecule has 22 heavy (non-hydrogen) atoms. The van der Waals surface area contributed by atoms with Gasteiger partial charge in [0.25, 0.3) is 0 Å². The molecule has 12 heteroatoms. The highest BCUT2D eigenvalue weighted by molar-refractivity contribution is 7.43. The molecule has 3 N–H and O–H groups in total. The fraction of sp³-hybridized carbons (Fsp3) is 0.500. The largest absolute Gasteiger partial charge is 0.790 e. The van der Waals surface area contributed by atoms with E-state index in [1.165, 1.54) is 12.7 Å². The molecular weight excluding hydrogens is 317 g/mol. The Hall–Kier alpha value is -1.62. The van der Waals surface area contributed by atoms with Crippen molar-refractivity contribution in [2.75, 3.05) is 12.3 Å². The Labute approximate surface area is 124 Å². The zero-order chi connectivity index (χ0) is 15.9. The van der Waals surface area contributed by atoms with Crippen LogP contribution in [0.15, 0.2) is 12.7 Å². The van der Waals surface area contributed by atoms with Crippen molar-refractivity contribution >= 4 is 24.8 Å². The topological polar surface area (TPSA) is 172 Å². The van der Waals surface area contributed by atoms with Gasteiger partial charge in [0.2, 0.25) is 0 Å². The van der Waals surface area contributed by atoms with Gasteiger partial charge in [0.15, 0.2) is 11.5 Å². The van der Waals surface area contributed by atoms with Crippen LogP contribution in [0.2, 0.25) is 0 Å². The van der Waals surface area contributed by atoms with Crippen LogP contribution in [0.1, 0.15) is 12.6 Å². The van der Waals surface area contributed by atoms with E-state index in [0.29, 0.717) is 11.2 Å². The zero-order valence-electron chi connectivity index (χ0n) is 11.1. The molecule has 0 amide bonds. The van der Waals surface area contributed by atoms with Crippen molar-refractivity contribution in [3.63, 3.8) is 0 Å². The normalized spacial score (nSPS) is 25.9. The Kier molecular flexibility index (Phi) is 3.85. The molecule has 2 aromatic heterocycles. The average Bonchev–Trinajstić information content (AvgIpc) is 3.00. The van der Waals surface area contributed by atoms with Crippen molar-refractivity contribution in [1.29, 1.82) is 0 Å². The van der Waals surface area contributed by atoms with Gasteiger partial charge in [-0.15, -0.1) is 0 Å². The molecule has 3 atom stereocenters. The first-order chi connectivity index (χ1) is 10.3. The number of nitrogen functional groups attached to an aromatic ring is 1. The summed E-state index contributed by atoms with van der Waals surface area (Å²) in [7, 11) is -5.12. The van der Waals surface area contributed by atoms with Crippen molar-refractivity contribution < 1.29 is 28.7 Å². The Morgan fingerprint density at radius 3 is 3.00 bits per heavy atom. The van der Waals surface area contributed by atoms with E-state index in [4.69, 9.17) is 10.5 Å². The predicted molar refractivity (Wildman–Crippen MR) is 67.8 cm³/mol. The van der Waals surface area contributed by atoms with Crippen LogP contribution in [0.25, 0.3) is 11.2 Å². The first-order valence-corrected chi connectivity index (χ1v) is 7.74. The van der Waals surface area contributed by atoms with Gasteiger partial charge in [0.1, 0.15) is 24.2 Å². The highest BCUT2D eigenvalue weighted by Gasteiger charge is 2.36. The van der Waals surface area contributed by atoms with Gasteiger partial charge in [-0.25, -0.2) is 15.0 Å². The number of hydrogen-bond donors (Lipinski definition) is 2. The Morgan fingerprint density at radius 1 is 1.50 bits per heavy atom. The summed E-state index contributed by atoms with van der Waals surface area (Å²) >= 11 is 0. The molecule has 0 spiro atoms. The smallest absolute Gasteiger partial charge is 0.167 e. The van der Waals surface area contributed by atoms with Gasteiger partial charge >= 0.3 is 0 Å². The Bertz CT molecular complexity index is 732. The van der Waals surface area contributed by atoms with E-state index in [2.05, 4.69) is 19.5 Å². The number of nitrogens with two attached hydrogens (primary N) is 1. The summed E-state index contributed by atoms with van der Waals surface area (Å²) in [4.78, 5) is 32.9. The number of anilines is 1. The first-order valence-electron chi connectivity index (χ1n) is 6.28. The van der Waals surface area contributed by atoms with Gasteiger partial charge in [-0.2, -0.15) is 0 Å². The number of hydrogen-bond acceptors (Lipinski definition) is 10. The van der Waals surface area contributed by atoms with Gasteiger partial charge < -0.3 is 34.5 Å². The van der Waals surface area contributed by atoms with E-state index in [0.717, 1.165) is 0 Å². The lowest BCUT2D eigenvalue weighted by Gasteiger charge is -2.30. The van der Waals surface area contributed by atoms with Crippen molar-refractivity contribution in [3.8, 4) is 0 Å². The van der Waals surface area contributed by atoms with Gasteiger partial charge in [-0.05, 0) is 0 Å². The highest BCUT2D eigenvalue weighted by Crippen LogP contribution is 2.34. The molecule has 3 rings (SSSR count). The van der Waals surface area contributed by atoms with Crippen molar-refractivity contribution in [2.45, 2.75) is 24.9 Å². The third-order valence-corrected chi connectivity index (χ3v) is 3.76. The molecule has 0 bridgehead atoms. The first kappa shape index (κ1) is 15.3. The second kappa shape index (κ2) is 5.54. The van der Waals surface area contributed by atoms with E-state index in [1.54, 1.807) is 4.57 Å². The van der Waals surface area contributed by atoms with Gasteiger partial charge in [0.05, 0.1) is 26.9 Å². The van der Waals surface area contributed by atoms with Gasteiger partial charge in [0, 0.05) is 6.42 Å². The Morgan fingerprint density at radius 2 is 2.27 bits per heavy atom. The van der Waals surface area contributed by atoms with Crippen LogP contribution < -0.4 is 15.5 Å². The van der Waals surface area contributed by atoms with E-state index in [1.807, 2.05) is 0 Å². The van der Waals surface area contributed by atoms with Gasteiger partial charge in [-0.3, -0.25) is 4.57 Å². The average molecular weight is 329 g/mol. The number of aliphatic hydroxyl groups is 1. The monoisotopic (exact) mass is 329 g/mol. The number of rotatable bonds is 4. The predicted octanol–water partition coefficient (Wildman–Crippen LogP) is -2.10. The summed E-state index contributed by atoms with van der Waals surface area (Å²) in [6.07, 6.45) is 0.285. The molecular formula is C10H12N5O6P-2. The number of aliphatic hydroxyl groups excluding tert-OH is 1. The molecule has 2 aromatic rings. The summed E-state index contributed by atoms with van der Waals surface area (Å²) in [5, 5.41) is 9.89. The lowest BCUT2D eigenvalue weighted by molar-refractivity contribution is -0.343. The van der Waals surface area contributed by atoms with Gasteiger partial charge in [-0.1, -0.05) is 0 Å². The number of nitrogens with zero attached hydrogens (tertiary/aromatic N) is 4. The molecule has 0 saturated carbocycles. The maximum atomic E-state index is 10.5. The molecule has 0 unspecified atom stereocenters. The molecule has 0 aromatic carbocycles.